The molecule has 2 aliphatic rings. The molecule has 10 heteroatoms. The van der Waals surface area contributed by atoms with Crippen LogP contribution in [0.25, 0.3) is 0 Å². The second kappa shape index (κ2) is 16.7. The Morgan fingerprint density at radius 1 is 0.894 bits per heavy atom. The number of benzene rings is 3. The highest BCUT2D eigenvalue weighted by Crippen LogP contribution is 2.39. The maximum absolute atomic E-state index is 12.7. The minimum absolute atomic E-state index is 0.0174. The van der Waals surface area contributed by atoms with Gasteiger partial charge in [0.25, 0.3) is 0 Å². The van der Waals surface area contributed by atoms with Crippen molar-refractivity contribution < 1.29 is 38.7 Å². The minimum atomic E-state index is -0.787. The van der Waals surface area contributed by atoms with Crippen LogP contribution in [-0.4, -0.2) is 60.4 Å². The van der Waals surface area contributed by atoms with Crippen LogP contribution in [0.5, 0.6) is 11.5 Å². The first kappa shape index (κ1) is 34.4. The summed E-state index contributed by atoms with van der Waals surface area (Å²) < 4.78 is 24.2. The van der Waals surface area contributed by atoms with Gasteiger partial charge in [-0.25, -0.2) is 0 Å². The summed E-state index contributed by atoms with van der Waals surface area (Å²) >= 11 is 0. The predicted octanol–water partition coefficient (Wildman–Crippen LogP) is 6.16. The van der Waals surface area contributed by atoms with Crippen molar-refractivity contribution in [2.45, 2.75) is 83.0 Å². The average molecular weight is 647 g/mol. The predicted molar refractivity (Wildman–Crippen MR) is 177 cm³/mol. The van der Waals surface area contributed by atoms with E-state index in [2.05, 4.69) is 22.3 Å². The van der Waals surface area contributed by atoms with E-state index in [1.54, 1.807) is 14.2 Å². The third-order valence-electron chi connectivity index (χ3n) is 8.86. The van der Waals surface area contributed by atoms with Gasteiger partial charge < -0.3 is 34.5 Å². The summed E-state index contributed by atoms with van der Waals surface area (Å²) in [4.78, 5) is 25.8. The number of aliphatic hydroxyl groups excluding tert-OH is 1. The molecule has 0 aromatic heterocycles. The Hall–Kier alpha value is -3.96. The van der Waals surface area contributed by atoms with Gasteiger partial charge in [-0.1, -0.05) is 49.2 Å². The molecule has 3 atom stereocenters. The van der Waals surface area contributed by atoms with Gasteiger partial charge in [0, 0.05) is 50.1 Å². The van der Waals surface area contributed by atoms with Gasteiger partial charge in [-0.3, -0.25) is 14.5 Å². The van der Waals surface area contributed by atoms with Crippen LogP contribution in [0.2, 0.25) is 0 Å². The number of carbonyl (C=O) groups is 2. The zero-order valence-corrected chi connectivity index (χ0v) is 27.3. The van der Waals surface area contributed by atoms with E-state index in [-0.39, 0.29) is 31.1 Å². The number of ether oxygens (including phenoxy) is 4. The van der Waals surface area contributed by atoms with Gasteiger partial charge in [0.2, 0.25) is 5.91 Å². The summed E-state index contributed by atoms with van der Waals surface area (Å²) in [7, 11) is 3.31. The molecule has 0 spiro atoms. The number of rotatable bonds is 15. The Balaban J connectivity index is 1.26. The number of anilines is 1. The van der Waals surface area contributed by atoms with Crippen LogP contribution in [0.15, 0.2) is 60.7 Å². The molecule has 1 amide bonds. The molecule has 1 fully saturated rings. The molecule has 0 bridgehead atoms. The molecule has 0 radical (unpaired) electrons. The van der Waals surface area contributed by atoms with Crippen LogP contribution in [-0.2, 0) is 38.6 Å². The summed E-state index contributed by atoms with van der Waals surface area (Å²) in [6, 6.07) is 19.6. The highest BCUT2D eigenvalue weighted by atomic mass is 16.7. The van der Waals surface area contributed by atoms with Crippen LogP contribution in [0, 0.1) is 0 Å². The second-order valence-corrected chi connectivity index (χ2v) is 12.3. The van der Waals surface area contributed by atoms with E-state index in [1.165, 1.54) is 11.1 Å². The molecular formula is C37H46N2O8. The monoisotopic (exact) mass is 646 g/mol. The molecule has 0 saturated carbocycles. The number of hydrogen-bond acceptors (Lipinski definition) is 8. The van der Waals surface area contributed by atoms with Crippen LogP contribution in [0.1, 0.15) is 85.2 Å². The van der Waals surface area contributed by atoms with Gasteiger partial charge in [-0.15, -0.1) is 0 Å². The fourth-order valence-electron chi connectivity index (χ4n) is 6.32. The van der Waals surface area contributed by atoms with Gasteiger partial charge in [-0.2, -0.15) is 0 Å². The Morgan fingerprint density at radius 3 is 2.32 bits per heavy atom. The molecule has 0 aliphatic carbocycles. The number of methoxy groups -OCH3 is 2. The molecule has 5 rings (SSSR count). The average Bonchev–Trinajstić information content (AvgIpc) is 3.09. The molecule has 10 nitrogen and oxygen atoms in total. The van der Waals surface area contributed by atoms with Crippen molar-refractivity contribution in [2.75, 3.05) is 32.6 Å². The topological polar surface area (TPSA) is 127 Å². The number of amides is 1. The van der Waals surface area contributed by atoms with Gasteiger partial charge in [0.1, 0.15) is 0 Å². The number of carboxylic acids is 1. The van der Waals surface area contributed by atoms with Gasteiger partial charge in [0.15, 0.2) is 17.8 Å². The third kappa shape index (κ3) is 9.54. The largest absolute Gasteiger partial charge is 0.493 e. The maximum Gasteiger partial charge on any atom is 0.303 e. The highest BCUT2D eigenvalue weighted by molar-refractivity contribution is 5.90. The number of carbonyl (C=O) groups excluding carboxylic acids is 1. The Kier molecular flexibility index (Phi) is 12.2. The Labute approximate surface area is 276 Å². The van der Waals surface area contributed by atoms with Crippen molar-refractivity contribution >= 4 is 17.6 Å². The fraction of sp³-hybridized carbons (Fsp3) is 0.459. The molecule has 3 aromatic carbocycles. The van der Waals surface area contributed by atoms with Gasteiger partial charge in [0.05, 0.1) is 33.0 Å². The molecule has 47 heavy (non-hydrogen) atoms. The van der Waals surface area contributed by atoms with E-state index in [0.717, 1.165) is 67.1 Å². The Morgan fingerprint density at radius 2 is 1.62 bits per heavy atom. The Bertz CT molecular complexity index is 1490. The molecule has 1 saturated heterocycles. The lowest BCUT2D eigenvalue weighted by Crippen LogP contribution is -2.41. The second-order valence-electron chi connectivity index (χ2n) is 12.3. The van der Waals surface area contributed by atoms with E-state index >= 15 is 0 Å². The first-order chi connectivity index (χ1) is 22.8. The third-order valence-corrected chi connectivity index (χ3v) is 8.86. The van der Waals surface area contributed by atoms with Crippen LogP contribution in [0.3, 0.4) is 0 Å². The molecule has 2 heterocycles. The number of hydrogen-bond donors (Lipinski definition) is 3. The molecule has 3 aromatic rings. The quantitative estimate of drug-likeness (QED) is 0.166. The zero-order valence-electron chi connectivity index (χ0n) is 27.3. The fourth-order valence-corrected chi connectivity index (χ4v) is 6.32. The van der Waals surface area contributed by atoms with Crippen molar-refractivity contribution in [3.63, 3.8) is 0 Å². The number of carboxylic acid groups (broad SMARTS) is 1. The SMILES string of the molecule is COc1cc2c(cc1OC)CN(C[C@@H]1C[C@H](c3ccc(CO)cc3)O[C@H](c3cccc(NC(=O)CCCCCCC(=O)O)c3)O1)CC2. The molecular weight excluding hydrogens is 600 g/mol. The lowest BCUT2D eigenvalue weighted by atomic mass is 9.97. The number of fused-ring (bicyclic) bond motifs is 1. The first-order valence-electron chi connectivity index (χ1n) is 16.4. The summed E-state index contributed by atoms with van der Waals surface area (Å²) in [5.74, 6) is 0.608. The molecule has 0 unspecified atom stereocenters. The molecule has 2 aliphatic heterocycles. The van der Waals surface area contributed by atoms with Crippen molar-refractivity contribution in [3.8, 4) is 11.5 Å². The summed E-state index contributed by atoms with van der Waals surface area (Å²) in [6.07, 6.45) is 4.10. The van der Waals surface area contributed by atoms with Crippen molar-refractivity contribution in [1.82, 2.24) is 4.90 Å². The molecule has 3 N–H and O–H groups in total. The van der Waals surface area contributed by atoms with E-state index in [1.807, 2.05) is 48.5 Å². The number of nitrogens with zero attached hydrogens (tertiary/aromatic N) is 1. The lowest BCUT2D eigenvalue weighted by Gasteiger charge is -2.39. The minimum Gasteiger partial charge on any atom is -0.493 e. The van der Waals surface area contributed by atoms with E-state index in [9.17, 15) is 14.7 Å². The normalized spacial score (nSPS) is 19.5. The van der Waals surface area contributed by atoms with Crippen molar-refractivity contribution in [3.05, 3.63) is 88.5 Å². The van der Waals surface area contributed by atoms with Crippen molar-refractivity contribution in [1.29, 1.82) is 0 Å². The summed E-state index contributed by atoms with van der Waals surface area (Å²) in [5, 5.41) is 21.3. The van der Waals surface area contributed by atoms with Gasteiger partial charge in [-0.05, 0) is 65.8 Å². The van der Waals surface area contributed by atoms with Crippen molar-refractivity contribution in [2.24, 2.45) is 0 Å². The van der Waals surface area contributed by atoms with E-state index in [4.69, 9.17) is 24.1 Å². The first-order valence-corrected chi connectivity index (χ1v) is 16.4. The number of aliphatic hydroxyl groups is 1. The molecule has 252 valence electrons. The summed E-state index contributed by atoms with van der Waals surface area (Å²) in [5.41, 5.74) is 5.85. The van der Waals surface area contributed by atoms with E-state index < -0.39 is 12.3 Å². The van der Waals surface area contributed by atoms with Crippen LogP contribution < -0.4 is 14.8 Å². The highest BCUT2D eigenvalue weighted by Gasteiger charge is 2.34. The number of unbranched alkanes of at least 4 members (excludes halogenated alkanes) is 3. The maximum atomic E-state index is 12.7. The smallest absolute Gasteiger partial charge is 0.303 e. The standard InChI is InChI=1S/C37H46N2O8/c1-44-33-19-27-16-17-39(22-29(27)20-34(33)45-2)23-31-21-32(26-14-12-25(24-40)13-15-26)47-37(46-31)28-8-7-9-30(18-28)38-35(41)10-5-3-4-6-11-36(42)43/h7-9,12-15,18-20,31-32,37,40H,3-6,10-11,16-17,21-24H2,1-2H3,(H,38,41)(H,42,43)/t31-,32+,37+/m0/s1. The number of nitrogens with one attached hydrogen (secondary N) is 1. The number of aliphatic carboxylic acids is 1. The van der Waals surface area contributed by atoms with Crippen LogP contribution >= 0.6 is 0 Å². The van der Waals surface area contributed by atoms with Crippen LogP contribution in [0.4, 0.5) is 5.69 Å². The summed E-state index contributed by atoms with van der Waals surface area (Å²) in [6.45, 7) is 2.38. The van der Waals surface area contributed by atoms with E-state index in [0.29, 0.717) is 31.4 Å². The zero-order chi connectivity index (χ0) is 33.2. The lowest BCUT2D eigenvalue weighted by molar-refractivity contribution is -0.253. The van der Waals surface area contributed by atoms with Gasteiger partial charge >= 0.3 is 5.97 Å².